The van der Waals surface area contributed by atoms with Crippen molar-refractivity contribution in [2.45, 2.75) is 13.8 Å². The van der Waals surface area contributed by atoms with Gasteiger partial charge < -0.3 is 4.52 Å². The molecule has 0 aliphatic carbocycles. The number of nitrogens with zero attached hydrogens (tertiary/aromatic N) is 1. The van der Waals surface area contributed by atoms with Crippen molar-refractivity contribution >= 4 is 47.4 Å². The van der Waals surface area contributed by atoms with Crippen molar-refractivity contribution in [1.82, 2.24) is 0 Å². The second kappa shape index (κ2) is 7.54. The number of nitro groups is 1. The van der Waals surface area contributed by atoms with Gasteiger partial charge in [0.25, 0.3) is 5.69 Å². The van der Waals surface area contributed by atoms with Gasteiger partial charge in [0.15, 0.2) is 5.75 Å². The highest BCUT2D eigenvalue weighted by Crippen LogP contribution is 2.52. The molecule has 6 nitrogen and oxygen atoms in total. The summed E-state index contributed by atoms with van der Waals surface area (Å²) in [7, 11) is 0. The Bertz CT molecular complexity index is 547. The Balaban J connectivity index is 3.16. The van der Waals surface area contributed by atoms with Crippen LogP contribution in [-0.4, -0.2) is 18.1 Å². The van der Waals surface area contributed by atoms with Crippen LogP contribution in [0.1, 0.15) is 13.8 Å². The SMILES string of the molecule is CCOP(=S)(OCC)Oc1cc([N+](=O)[O-])c(Cl)cc1Cl. The van der Waals surface area contributed by atoms with E-state index in [1.807, 2.05) is 0 Å². The largest absolute Gasteiger partial charge is 0.422 e. The third-order valence-corrected chi connectivity index (χ3v) is 5.01. The van der Waals surface area contributed by atoms with Gasteiger partial charge in [-0.2, -0.15) is 0 Å². The van der Waals surface area contributed by atoms with E-state index in [1.54, 1.807) is 13.8 Å². The maximum Gasteiger partial charge on any atom is 0.380 e. The van der Waals surface area contributed by atoms with Gasteiger partial charge in [0.1, 0.15) is 5.02 Å². The first-order valence-corrected chi connectivity index (χ1v) is 8.86. The fourth-order valence-corrected chi connectivity index (χ4v) is 3.88. The average Bonchev–Trinajstić information content (AvgIpc) is 2.32. The van der Waals surface area contributed by atoms with Crippen LogP contribution in [0.3, 0.4) is 0 Å². The first-order chi connectivity index (χ1) is 9.33. The van der Waals surface area contributed by atoms with Crippen LogP contribution in [0.4, 0.5) is 5.69 Å². The summed E-state index contributed by atoms with van der Waals surface area (Å²) in [4.78, 5) is 10.2. The van der Waals surface area contributed by atoms with Gasteiger partial charge in [0, 0.05) is 11.8 Å². The third-order valence-electron chi connectivity index (χ3n) is 1.98. The van der Waals surface area contributed by atoms with Crippen LogP contribution in [-0.2, 0) is 20.9 Å². The standard InChI is InChI=1S/C10H12Cl2NO5PS/c1-3-16-19(20,17-4-2)18-10-6-9(13(14)15)7(11)5-8(10)12/h5-6H,3-4H2,1-2H3. The molecule has 0 unspecified atom stereocenters. The van der Waals surface area contributed by atoms with Crippen LogP contribution in [0.15, 0.2) is 12.1 Å². The number of benzene rings is 1. The topological polar surface area (TPSA) is 70.8 Å². The average molecular weight is 360 g/mol. The molecular weight excluding hydrogens is 348 g/mol. The van der Waals surface area contributed by atoms with Crippen molar-refractivity contribution in [3.05, 3.63) is 32.3 Å². The first kappa shape index (κ1) is 17.6. The second-order valence-corrected chi connectivity index (χ2v) is 7.11. The maximum atomic E-state index is 10.8. The van der Waals surface area contributed by atoms with E-state index >= 15 is 0 Å². The van der Waals surface area contributed by atoms with Crippen LogP contribution >= 0.6 is 29.9 Å². The molecule has 0 aliphatic heterocycles. The highest BCUT2D eigenvalue weighted by atomic mass is 35.5. The lowest BCUT2D eigenvalue weighted by molar-refractivity contribution is -0.384. The molecule has 0 spiro atoms. The molecule has 1 rings (SSSR count). The summed E-state index contributed by atoms with van der Waals surface area (Å²) in [5.41, 5.74) is -0.333. The molecule has 0 saturated heterocycles. The number of rotatable bonds is 7. The fourth-order valence-electron chi connectivity index (χ4n) is 1.25. The lowest BCUT2D eigenvalue weighted by Gasteiger charge is -2.21. The molecule has 0 atom stereocenters. The van der Waals surface area contributed by atoms with Gasteiger partial charge in [0.2, 0.25) is 0 Å². The van der Waals surface area contributed by atoms with Crippen LogP contribution in [0.5, 0.6) is 5.75 Å². The van der Waals surface area contributed by atoms with E-state index in [4.69, 9.17) is 48.6 Å². The predicted octanol–water partition coefficient (Wildman–Crippen LogP) is 4.58. The monoisotopic (exact) mass is 359 g/mol. The summed E-state index contributed by atoms with van der Waals surface area (Å²) in [6, 6.07) is 2.32. The molecule has 0 bridgehead atoms. The summed E-state index contributed by atoms with van der Waals surface area (Å²) in [6.45, 7) is 0.977. The smallest absolute Gasteiger partial charge is 0.380 e. The molecule has 0 saturated carbocycles. The molecule has 112 valence electrons. The highest BCUT2D eigenvalue weighted by molar-refractivity contribution is 8.07. The molecule has 1 aromatic rings. The van der Waals surface area contributed by atoms with Gasteiger partial charge in [-0.1, -0.05) is 23.2 Å². The molecule has 0 radical (unpaired) electrons. The van der Waals surface area contributed by atoms with Gasteiger partial charge in [-0.05, 0) is 19.9 Å². The molecule has 0 fully saturated rings. The van der Waals surface area contributed by atoms with Crippen molar-refractivity contribution in [3.8, 4) is 5.75 Å². The first-order valence-electron chi connectivity index (χ1n) is 5.55. The highest BCUT2D eigenvalue weighted by Gasteiger charge is 2.25. The van der Waals surface area contributed by atoms with Gasteiger partial charge in [0.05, 0.1) is 29.2 Å². The minimum atomic E-state index is -3.05. The van der Waals surface area contributed by atoms with E-state index in [0.29, 0.717) is 0 Å². The van der Waals surface area contributed by atoms with Crippen molar-refractivity contribution in [2.24, 2.45) is 0 Å². The molecule has 0 aromatic heterocycles. The van der Waals surface area contributed by atoms with Crippen molar-refractivity contribution in [1.29, 1.82) is 0 Å². The molecule has 0 N–H and O–H groups in total. The van der Waals surface area contributed by atoms with Crippen LogP contribution in [0, 0.1) is 10.1 Å². The molecule has 0 amide bonds. The van der Waals surface area contributed by atoms with Crippen molar-refractivity contribution < 1.29 is 18.5 Å². The Kier molecular flexibility index (Phi) is 6.64. The molecule has 0 heterocycles. The Hall–Kier alpha value is -0.430. The minimum Gasteiger partial charge on any atom is -0.422 e. The zero-order chi connectivity index (χ0) is 15.3. The van der Waals surface area contributed by atoms with Gasteiger partial charge in [-0.3, -0.25) is 19.2 Å². The van der Waals surface area contributed by atoms with Crippen LogP contribution in [0.25, 0.3) is 0 Å². The van der Waals surface area contributed by atoms with E-state index in [9.17, 15) is 10.1 Å². The molecule has 20 heavy (non-hydrogen) atoms. The maximum absolute atomic E-state index is 10.8. The zero-order valence-corrected chi connectivity index (χ0v) is 13.9. The molecular formula is C10H12Cl2NO5PS. The van der Waals surface area contributed by atoms with E-state index in [1.165, 1.54) is 6.07 Å². The van der Waals surface area contributed by atoms with E-state index in [2.05, 4.69) is 0 Å². The summed E-state index contributed by atoms with van der Waals surface area (Å²) in [6.07, 6.45) is 0. The summed E-state index contributed by atoms with van der Waals surface area (Å²) in [5.74, 6) is 0.00741. The quantitative estimate of drug-likeness (QED) is 0.403. The predicted molar refractivity (Wildman–Crippen MR) is 81.3 cm³/mol. The Morgan fingerprint density at radius 1 is 1.25 bits per heavy atom. The fraction of sp³-hybridized carbons (Fsp3) is 0.400. The van der Waals surface area contributed by atoms with E-state index in [0.717, 1.165) is 6.07 Å². The lowest BCUT2D eigenvalue weighted by Crippen LogP contribution is -2.03. The number of halogens is 2. The molecule has 10 heteroatoms. The summed E-state index contributed by atoms with van der Waals surface area (Å²) < 4.78 is 16.0. The summed E-state index contributed by atoms with van der Waals surface area (Å²) in [5, 5.41) is 10.8. The zero-order valence-electron chi connectivity index (χ0n) is 10.7. The number of hydrogen-bond acceptors (Lipinski definition) is 6. The Labute approximate surface area is 131 Å². The summed E-state index contributed by atoms with van der Waals surface area (Å²) >= 11 is 16.8. The van der Waals surface area contributed by atoms with Crippen LogP contribution in [0.2, 0.25) is 10.0 Å². The van der Waals surface area contributed by atoms with E-state index < -0.39 is 11.6 Å². The third kappa shape index (κ3) is 4.55. The normalized spacial score (nSPS) is 11.4. The number of nitro benzene ring substituents is 1. The second-order valence-electron chi connectivity index (χ2n) is 3.37. The van der Waals surface area contributed by atoms with Gasteiger partial charge >= 0.3 is 6.72 Å². The van der Waals surface area contributed by atoms with Gasteiger partial charge in [-0.25, -0.2) is 0 Å². The Morgan fingerprint density at radius 2 is 1.80 bits per heavy atom. The molecule has 1 aromatic carbocycles. The number of hydrogen-bond donors (Lipinski definition) is 0. The lowest BCUT2D eigenvalue weighted by atomic mass is 10.3. The van der Waals surface area contributed by atoms with E-state index in [-0.39, 0.29) is 34.7 Å². The van der Waals surface area contributed by atoms with Crippen molar-refractivity contribution in [2.75, 3.05) is 13.2 Å². The Morgan fingerprint density at radius 3 is 2.25 bits per heavy atom. The van der Waals surface area contributed by atoms with Crippen molar-refractivity contribution in [3.63, 3.8) is 0 Å². The minimum absolute atomic E-state index is 0.00741. The van der Waals surface area contributed by atoms with Gasteiger partial charge in [-0.15, -0.1) is 0 Å². The van der Waals surface area contributed by atoms with Crippen LogP contribution < -0.4 is 4.52 Å². The molecule has 0 aliphatic rings.